The molecule has 0 atom stereocenters. The Balaban J connectivity index is 3.25. The number of ether oxygens (including phenoxy) is 2. The highest BCUT2D eigenvalue weighted by atomic mass is 19.1. The van der Waals surface area contributed by atoms with Crippen molar-refractivity contribution in [3.8, 4) is 5.75 Å². The first kappa shape index (κ1) is 11.5. The zero-order valence-corrected chi connectivity index (χ0v) is 8.41. The SMILES string of the molecule is COCc1cc(C(=O)O)cc(F)c1OC. The van der Waals surface area contributed by atoms with Crippen LogP contribution in [0.4, 0.5) is 4.39 Å². The van der Waals surface area contributed by atoms with Gasteiger partial charge in [-0.25, -0.2) is 9.18 Å². The van der Waals surface area contributed by atoms with Crippen LogP contribution in [0.2, 0.25) is 0 Å². The van der Waals surface area contributed by atoms with Gasteiger partial charge in [0, 0.05) is 12.7 Å². The third kappa shape index (κ3) is 2.44. The molecular formula is C10H11FO4. The molecule has 0 bridgehead atoms. The minimum atomic E-state index is -1.19. The Morgan fingerprint density at radius 3 is 2.60 bits per heavy atom. The van der Waals surface area contributed by atoms with Gasteiger partial charge < -0.3 is 14.6 Å². The van der Waals surface area contributed by atoms with Crippen molar-refractivity contribution in [3.63, 3.8) is 0 Å². The van der Waals surface area contributed by atoms with Gasteiger partial charge in [0.15, 0.2) is 11.6 Å². The maximum Gasteiger partial charge on any atom is 0.335 e. The lowest BCUT2D eigenvalue weighted by atomic mass is 10.1. The van der Waals surface area contributed by atoms with E-state index in [9.17, 15) is 9.18 Å². The summed E-state index contributed by atoms with van der Waals surface area (Å²) >= 11 is 0. The first-order valence-electron chi connectivity index (χ1n) is 4.18. The molecule has 0 radical (unpaired) electrons. The van der Waals surface area contributed by atoms with E-state index in [1.807, 2.05) is 0 Å². The average Bonchev–Trinajstić information content (AvgIpc) is 2.17. The van der Waals surface area contributed by atoms with Gasteiger partial charge >= 0.3 is 5.97 Å². The standard InChI is InChI=1S/C10H11FO4/c1-14-5-7-3-6(10(12)13)4-8(11)9(7)15-2/h3-4H,5H2,1-2H3,(H,12,13). The fourth-order valence-electron chi connectivity index (χ4n) is 1.27. The molecule has 1 N–H and O–H groups in total. The fourth-order valence-corrected chi connectivity index (χ4v) is 1.27. The summed E-state index contributed by atoms with van der Waals surface area (Å²) in [7, 11) is 2.75. The van der Waals surface area contributed by atoms with Crippen LogP contribution in [0.5, 0.6) is 5.75 Å². The van der Waals surface area contributed by atoms with Crippen molar-refractivity contribution in [1.82, 2.24) is 0 Å². The van der Waals surface area contributed by atoms with Crippen LogP contribution >= 0.6 is 0 Å². The second-order valence-electron chi connectivity index (χ2n) is 2.89. The summed E-state index contributed by atoms with van der Waals surface area (Å²) in [6.07, 6.45) is 0. The summed E-state index contributed by atoms with van der Waals surface area (Å²) in [5, 5.41) is 8.72. The van der Waals surface area contributed by atoms with E-state index in [0.29, 0.717) is 5.56 Å². The van der Waals surface area contributed by atoms with Gasteiger partial charge in [0.1, 0.15) is 0 Å². The molecule has 0 spiro atoms. The number of benzene rings is 1. The van der Waals surface area contributed by atoms with Crippen molar-refractivity contribution in [3.05, 3.63) is 29.1 Å². The van der Waals surface area contributed by atoms with E-state index in [-0.39, 0.29) is 17.9 Å². The lowest BCUT2D eigenvalue weighted by Crippen LogP contribution is -2.03. The molecule has 5 heteroatoms. The summed E-state index contributed by atoms with van der Waals surface area (Å²) in [5.74, 6) is -1.87. The lowest BCUT2D eigenvalue weighted by molar-refractivity contribution is 0.0696. The Kier molecular flexibility index (Phi) is 3.62. The zero-order chi connectivity index (χ0) is 11.4. The quantitative estimate of drug-likeness (QED) is 0.828. The Bertz CT molecular complexity index is 376. The third-order valence-corrected chi connectivity index (χ3v) is 1.87. The highest BCUT2D eigenvalue weighted by Gasteiger charge is 2.14. The summed E-state index contributed by atoms with van der Waals surface area (Å²) in [4.78, 5) is 10.7. The van der Waals surface area contributed by atoms with Crippen LogP contribution in [0, 0.1) is 5.82 Å². The third-order valence-electron chi connectivity index (χ3n) is 1.87. The Morgan fingerprint density at radius 2 is 2.13 bits per heavy atom. The predicted molar refractivity (Wildman–Crippen MR) is 50.6 cm³/mol. The van der Waals surface area contributed by atoms with Crippen molar-refractivity contribution >= 4 is 5.97 Å². The summed E-state index contributed by atoms with van der Waals surface area (Å²) in [6.45, 7) is 0.0984. The number of carboxylic acid groups (broad SMARTS) is 1. The summed E-state index contributed by atoms with van der Waals surface area (Å²) in [5.41, 5.74) is 0.248. The largest absolute Gasteiger partial charge is 0.493 e. The molecule has 0 saturated heterocycles. The fraction of sp³-hybridized carbons (Fsp3) is 0.300. The Hall–Kier alpha value is -1.62. The van der Waals surface area contributed by atoms with Crippen LogP contribution in [0.3, 0.4) is 0 Å². The normalized spacial score (nSPS) is 10.1. The van der Waals surface area contributed by atoms with Crippen LogP contribution in [0.15, 0.2) is 12.1 Å². The van der Waals surface area contributed by atoms with Crippen molar-refractivity contribution in [2.24, 2.45) is 0 Å². The molecule has 0 unspecified atom stereocenters. The van der Waals surface area contributed by atoms with Gasteiger partial charge in [-0.1, -0.05) is 0 Å². The number of rotatable bonds is 4. The van der Waals surface area contributed by atoms with Gasteiger partial charge in [-0.15, -0.1) is 0 Å². The minimum Gasteiger partial charge on any atom is -0.493 e. The molecule has 82 valence electrons. The zero-order valence-electron chi connectivity index (χ0n) is 8.41. The van der Waals surface area contributed by atoms with E-state index in [4.69, 9.17) is 14.6 Å². The van der Waals surface area contributed by atoms with Crippen LogP contribution in [0.1, 0.15) is 15.9 Å². The maximum absolute atomic E-state index is 13.4. The van der Waals surface area contributed by atoms with Crippen LogP contribution < -0.4 is 4.74 Å². The van der Waals surface area contributed by atoms with Crippen molar-refractivity contribution in [1.29, 1.82) is 0 Å². The van der Waals surface area contributed by atoms with Crippen LogP contribution in [-0.2, 0) is 11.3 Å². The van der Waals surface area contributed by atoms with Crippen LogP contribution in [0.25, 0.3) is 0 Å². The number of aromatic carboxylic acids is 1. The molecule has 0 aromatic heterocycles. The molecule has 1 aromatic carbocycles. The maximum atomic E-state index is 13.4. The number of halogens is 1. The number of methoxy groups -OCH3 is 2. The second kappa shape index (κ2) is 4.75. The molecule has 1 aromatic rings. The van der Waals surface area contributed by atoms with Gasteiger partial charge in [-0.3, -0.25) is 0 Å². The van der Waals surface area contributed by atoms with E-state index < -0.39 is 11.8 Å². The number of carboxylic acids is 1. The van der Waals surface area contributed by atoms with Crippen molar-refractivity contribution in [2.75, 3.05) is 14.2 Å². The van der Waals surface area contributed by atoms with E-state index in [2.05, 4.69) is 0 Å². The molecule has 0 aliphatic rings. The Morgan fingerprint density at radius 1 is 1.47 bits per heavy atom. The molecule has 0 saturated carbocycles. The molecule has 0 amide bonds. The van der Waals surface area contributed by atoms with E-state index in [1.165, 1.54) is 20.3 Å². The molecule has 4 nitrogen and oxygen atoms in total. The van der Waals surface area contributed by atoms with E-state index >= 15 is 0 Å². The average molecular weight is 214 g/mol. The molecule has 0 aliphatic carbocycles. The Labute approximate surface area is 86.2 Å². The lowest BCUT2D eigenvalue weighted by Gasteiger charge is -2.09. The molecule has 0 heterocycles. The molecule has 15 heavy (non-hydrogen) atoms. The molecule has 1 rings (SSSR count). The van der Waals surface area contributed by atoms with Gasteiger partial charge in [0.05, 0.1) is 19.3 Å². The minimum absolute atomic E-state index is 0.0156. The number of hydrogen-bond donors (Lipinski definition) is 1. The molecular weight excluding hydrogens is 203 g/mol. The summed E-state index contributed by atoms with van der Waals surface area (Å²) in [6, 6.07) is 2.24. The van der Waals surface area contributed by atoms with Crippen molar-refractivity contribution < 1.29 is 23.8 Å². The summed E-state index contributed by atoms with van der Waals surface area (Å²) < 4.78 is 23.0. The number of carbonyl (C=O) groups is 1. The smallest absolute Gasteiger partial charge is 0.335 e. The monoisotopic (exact) mass is 214 g/mol. The number of hydrogen-bond acceptors (Lipinski definition) is 3. The first-order valence-corrected chi connectivity index (χ1v) is 4.18. The highest BCUT2D eigenvalue weighted by Crippen LogP contribution is 2.25. The topological polar surface area (TPSA) is 55.8 Å². The first-order chi connectivity index (χ1) is 7.10. The molecule has 0 aliphatic heterocycles. The van der Waals surface area contributed by atoms with E-state index in [1.54, 1.807) is 0 Å². The second-order valence-corrected chi connectivity index (χ2v) is 2.89. The van der Waals surface area contributed by atoms with Gasteiger partial charge in [0.25, 0.3) is 0 Å². The van der Waals surface area contributed by atoms with Crippen molar-refractivity contribution in [2.45, 2.75) is 6.61 Å². The predicted octanol–water partition coefficient (Wildman–Crippen LogP) is 1.68. The van der Waals surface area contributed by atoms with Gasteiger partial charge in [-0.05, 0) is 12.1 Å². The van der Waals surface area contributed by atoms with Crippen LogP contribution in [-0.4, -0.2) is 25.3 Å². The van der Waals surface area contributed by atoms with E-state index in [0.717, 1.165) is 6.07 Å². The van der Waals surface area contributed by atoms with Gasteiger partial charge in [-0.2, -0.15) is 0 Å². The van der Waals surface area contributed by atoms with Gasteiger partial charge in [0.2, 0.25) is 0 Å². The highest BCUT2D eigenvalue weighted by molar-refractivity contribution is 5.88. The molecule has 0 fully saturated rings.